The molecule has 0 spiro atoms. The van der Waals surface area contributed by atoms with Crippen molar-refractivity contribution in [2.75, 3.05) is 0 Å². The Labute approximate surface area is 144 Å². The van der Waals surface area contributed by atoms with Crippen LogP contribution in [0, 0.1) is 0 Å². The van der Waals surface area contributed by atoms with E-state index in [4.69, 9.17) is 4.42 Å². The number of benzene rings is 2. The van der Waals surface area contributed by atoms with Gasteiger partial charge >= 0.3 is 0 Å². The van der Waals surface area contributed by atoms with Gasteiger partial charge in [-0.05, 0) is 12.1 Å². The van der Waals surface area contributed by atoms with Gasteiger partial charge in [-0.3, -0.25) is 9.59 Å². The van der Waals surface area contributed by atoms with Crippen molar-refractivity contribution in [3.63, 3.8) is 0 Å². The highest BCUT2D eigenvalue weighted by Crippen LogP contribution is 2.26. The molecule has 2 N–H and O–H groups in total. The molecule has 0 aliphatic carbocycles. The van der Waals surface area contributed by atoms with Gasteiger partial charge in [0.2, 0.25) is 0 Å². The summed E-state index contributed by atoms with van der Waals surface area (Å²) in [6.07, 6.45) is -3.01. The molecule has 0 saturated carbocycles. The smallest absolute Gasteiger partial charge is 0.199 e. The number of aliphatic hydroxyl groups excluding tert-OH is 2. The molecule has 5 nitrogen and oxygen atoms in total. The lowest BCUT2D eigenvalue weighted by atomic mass is 10.0. The van der Waals surface area contributed by atoms with E-state index in [1.807, 2.05) is 0 Å². The van der Waals surface area contributed by atoms with Gasteiger partial charge in [-0.2, -0.15) is 0 Å². The first-order valence-corrected chi connectivity index (χ1v) is 7.72. The zero-order chi connectivity index (χ0) is 17.8. The van der Waals surface area contributed by atoms with E-state index in [1.54, 1.807) is 60.7 Å². The second-order valence-electron chi connectivity index (χ2n) is 5.51. The molecule has 25 heavy (non-hydrogen) atoms. The molecule has 2 atom stereocenters. The van der Waals surface area contributed by atoms with Crippen LogP contribution in [0.4, 0.5) is 0 Å². The fraction of sp³-hybridized carbons (Fsp3) is 0.100. The zero-order valence-corrected chi connectivity index (χ0v) is 13.2. The lowest BCUT2D eigenvalue weighted by Gasteiger charge is -2.09. The van der Waals surface area contributed by atoms with E-state index in [9.17, 15) is 19.8 Å². The standard InChI is InChI=1S/C20H16O5/c21-17(13-7-3-1-4-8-13)19(23)15-11-12-16(25-15)20(24)18(22)14-9-5-2-6-10-14/h1-12,19-20,23-24H. The Balaban J connectivity index is 1.78. The van der Waals surface area contributed by atoms with Crippen LogP contribution in [0.3, 0.4) is 0 Å². The van der Waals surface area contributed by atoms with E-state index in [-0.39, 0.29) is 11.5 Å². The molecule has 2 aromatic carbocycles. The minimum atomic E-state index is -1.50. The first kappa shape index (κ1) is 16.8. The summed E-state index contributed by atoms with van der Waals surface area (Å²) in [5.74, 6) is -1.09. The minimum absolute atomic E-state index is 0.0243. The number of hydrogen-bond donors (Lipinski definition) is 2. The molecule has 0 fully saturated rings. The largest absolute Gasteiger partial charge is 0.460 e. The number of carbonyl (C=O) groups is 2. The number of Topliss-reactive ketones (excluding diaryl/α,β-unsaturated/α-hetero) is 2. The number of ketones is 2. The van der Waals surface area contributed by atoms with Crippen molar-refractivity contribution in [2.45, 2.75) is 12.2 Å². The van der Waals surface area contributed by atoms with Crippen molar-refractivity contribution in [1.82, 2.24) is 0 Å². The maximum atomic E-state index is 12.2. The summed E-state index contributed by atoms with van der Waals surface area (Å²) in [4.78, 5) is 24.5. The van der Waals surface area contributed by atoms with E-state index in [0.717, 1.165) is 0 Å². The van der Waals surface area contributed by atoms with Crippen LogP contribution in [0.25, 0.3) is 0 Å². The molecular formula is C20H16O5. The Kier molecular flexibility index (Phi) is 4.88. The van der Waals surface area contributed by atoms with Crippen LogP contribution in [0.2, 0.25) is 0 Å². The van der Waals surface area contributed by atoms with Crippen LogP contribution >= 0.6 is 0 Å². The third-order valence-electron chi connectivity index (χ3n) is 3.80. The highest BCUT2D eigenvalue weighted by atomic mass is 16.4. The molecule has 0 amide bonds. The predicted octanol–water partition coefficient (Wildman–Crippen LogP) is 3.11. The Bertz CT molecular complexity index is 795. The van der Waals surface area contributed by atoms with Gasteiger partial charge in [0.25, 0.3) is 0 Å². The summed E-state index contributed by atoms with van der Waals surface area (Å²) >= 11 is 0. The molecular weight excluding hydrogens is 320 g/mol. The molecule has 2 unspecified atom stereocenters. The summed E-state index contributed by atoms with van der Waals surface area (Å²) in [5, 5.41) is 20.4. The van der Waals surface area contributed by atoms with Crippen LogP contribution in [0.5, 0.6) is 0 Å². The second kappa shape index (κ2) is 7.25. The monoisotopic (exact) mass is 336 g/mol. The fourth-order valence-electron chi connectivity index (χ4n) is 2.44. The zero-order valence-electron chi connectivity index (χ0n) is 13.2. The van der Waals surface area contributed by atoms with Crippen LogP contribution in [0.15, 0.2) is 77.2 Å². The van der Waals surface area contributed by atoms with Crippen LogP contribution < -0.4 is 0 Å². The summed E-state index contributed by atoms with van der Waals surface area (Å²) < 4.78 is 5.35. The van der Waals surface area contributed by atoms with Gasteiger partial charge in [0.05, 0.1) is 0 Å². The van der Waals surface area contributed by atoms with Crippen molar-refractivity contribution in [3.05, 3.63) is 95.4 Å². The topological polar surface area (TPSA) is 87.7 Å². The Hall–Kier alpha value is -3.02. The molecule has 3 aromatic rings. The highest BCUT2D eigenvalue weighted by Gasteiger charge is 2.26. The average molecular weight is 336 g/mol. The van der Waals surface area contributed by atoms with Gasteiger partial charge in [0, 0.05) is 11.1 Å². The van der Waals surface area contributed by atoms with Crippen molar-refractivity contribution >= 4 is 11.6 Å². The third kappa shape index (κ3) is 3.57. The molecule has 0 saturated heterocycles. The lowest BCUT2D eigenvalue weighted by Crippen LogP contribution is -2.12. The maximum absolute atomic E-state index is 12.2. The first-order valence-electron chi connectivity index (χ1n) is 7.72. The number of aliphatic hydroxyl groups is 2. The van der Waals surface area contributed by atoms with E-state index in [1.165, 1.54) is 12.1 Å². The van der Waals surface area contributed by atoms with Crippen molar-refractivity contribution in [3.8, 4) is 0 Å². The van der Waals surface area contributed by atoms with Gasteiger partial charge in [0.1, 0.15) is 11.5 Å². The molecule has 5 heteroatoms. The van der Waals surface area contributed by atoms with Crippen LogP contribution in [-0.2, 0) is 0 Å². The van der Waals surface area contributed by atoms with E-state index < -0.39 is 23.8 Å². The summed E-state index contributed by atoms with van der Waals surface area (Å²) in [5.41, 5.74) is 0.683. The molecule has 3 rings (SSSR count). The third-order valence-corrected chi connectivity index (χ3v) is 3.80. The molecule has 0 radical (unpaired) electrons. The molecule has 0 aliphatic rings. The minimum Gasteiger partial charge on any atom is -0.460 e. The van der Waals surface area contributed by atoms with Gasteiger partial charge < -0.3 is 14.6 Å². The molecule has 1 heterocycles. The second-order valence-corrected chi connectivity index (χ2v) is 5.51. The van der Waals surface area contributed by atoms with Crippen molar-refractivity contribution < 1.29 is 24.2 Å². The van der Waals surface area contributed by atoms with Gasteiger partial charge in [-0.1, -0.05) is 60.7 Å². The molecule has 1 aromatic heterocycles. The highest BCUT2D eigenvalue weighted by molar-refractivity contribution is 6.00. The molecule has 0 aliphatic heterocycles. The van der Waals surface area contributed by atoms with Gasteiger partial charge in [-0.15, -0.1) is 0 Å². The quantitative estimate of drug-likeness (QED) is 0.675. The van der Waals surface area contributed by atoms with E-state index in [0.29, 0.717) is 11.1 Å². The van der Waals surface area contributed by atoms with Gasteiger partial charge in [-0.25, -0.2) is 0 Å². The summed E-state index contributed by atoms with van der Waals surface area (Å²) in [6.45, 7) is 0. The number of carbonyl (C=O) groups excluding carboxylic acids is 2. The first-order chi connectivity index (χ1) is 12.1. The number of rotatable bonds is 6. The maximum Gasteiger partial charge on any atom is 0.199 e. The summed E-state index contributed by atoms with van der Waals surface area (Å²) in [7, 11) is 0. The van der Waals surface area contributed by atoms with E-state index >= 15 is 0 Å². The normalized spacial score (nSPS) is 13.2. The number of hydrogen-bond acceptors (Lipinski definition) is 5. The van der Waals surface area contributed by atoms with E-state index in [2.05, 4.69) is 0 Å². The predicted molar refractivity (Wildman–Crippen MR) is 90.2 cm³/mol. The molecule has 126 valence electrons. The molecule has 0 bridgehead atoms. The van der Waals surface area contributed by atoms with Crippen molar-refractivity contribution in [2.24, 2.45) is 0 Å². The van der Waals surface area contributed by atoms with Crippen LogP contribution in [0.1, 0.15) is 44.4 Å². The summed E-state index contributed by atoms with van der Waals surface area (Å²) in [6, 6.07) is 19.4. The lowest BCUT2D eigenvalue weighted by molar-refractivity contribution is 0.0644. The van der Waals surface area contributed by atoms with Crippen molar-refractivity contribution in [1.29, 1.82) is 0 Å². The van der Waals surface area contributed by atoms with Crippen LogP contribution in [-0.4, -0.2) is 21.8 Å². The SMILES string of the molecule is O=C(c1ccccc1)C(O)c1ccc(C(O)C(=O)c2ccccc2)o1. The Morgan fingerprint density at radius 3 is 1.36 bits per heavy atom. The van der Waals surface area contributed by atoms with Gasteiger partial charge in [0.15, 0.2) is 23.8 Å². The number of furan rings is 1. The Morgan fingerprint density at radius 1 is 0.640 bits per heavy atom. The Morgan fingerprint density at radius 2 is 1.00 bits per heavy atom. The average Bonchev–Trinajstić information content (AvgIpc) is 3.17. The fourth-order valence-corrected chi connectivity index (χ4v) is 2.44.